The van der Waals surface area contributed by atoms with Crippen molar-refractivity contribution in [3.63, 3.8) is 0 Å². The lowest BCUT2D eigenvalue weighted by molar-refractivity contribution is -0.132. The number of carbonyl (C=O) groups excluding carboxylic acids is 3. The molecule has 2 aromatic rings. The molecule has 210 valence electrons. The van der Waals surface area contributed by atoms with Crippen LogP contribution in [0.15, 0.2) is 12.1 Å². The lowest BCUT2D eigenvalue weighted by atomic mass is 10.0. The van der Waals surface area contributed by atoms with Crippen molar-refractivity contribution in [3.8, 4) is 0 Å². The van der Waals surface area contributed by atoms with Gasteiger partial charge in [-0.25, -0.2) is 8.78 Å². The first-order valence-corrected chi connectivity index (χ1v) is 12.8. The molecule has 3 heterocycles. The Bertz CT molecular complexity index is 1320. The first-order chi connectivity index (χ1) is 18.5. The van der Waals surface area contributed by atoms with Gasteiger partial charge in [0.2, 0.25) is 5.91 Å². The molecule has 1 unspecified atom stereocenters. The number of fused-ring (bicyclic) bond motifs is 1. The smallest absolute Gasteiger partial charge is 0.256 e. The highest BCUT2D eigenvalue weighted by atomic mass is 19.2. The van der Waals surface area contributed by atoms with Crippen molar-refractivity contribution in [1.82, 2.24) is 15.2 Å². The van der Waals surface area contributed by atoms with Crippen LogP contribution in [0.3, 0.4) is 0 Å². The van der Waals surface area contributed by atoms with E-state index in [4.69, 9.17) is 0 Å². The molecule has 1 aromatic carbocycles. The summed E-state index contributed by atoms with van der Waals surface area (Å²) in [5, 5.41) is 35.2. The van der Waals surface area contributed by atoms with Gasteiger partial charge in [0.25, 0.3) is 11.8 Å². The summed E-state index contributed by atoms with van der Waals surface area (Å²) in [4.78, 5) is 42.0. The summed E-state index contributed by atoms with van der Waals surface area (Å²) >= 11 is 0. The summed E-state index contributed by atoms with van der Waals surface area (Å²) in [5.74, 6) is -3.53. The van der Waals surface area contributed by atoms with E-state index in [1.165, 1.54) is 17.0 Å². The van der Waals surface area contributed by atoms with Crippen LogP contribution >= 0.6 is 0 Å². The van der Waals surface area contributed by atoms with Crippen molar-refractivity contribution >= 4 is 35.1 Å². The Labute approximate surface area is 223 Å². The Morgan fingerprint density at radius 1 is 1.23 bits per heavy atom. The molecule has 6 N–H and O–H groups in total. The van der Waals surface area contributed by atoms with E-state index in [1.54, 1.807) is 13.8 Å². The maximum atomic E-state index is 14.4. The summed E-state index contributed by atoms with van der Waals surface area (Å²) < 4.78 is 28.2. The lowest BCUT2D eigenvalue weighted by Gasteiger charge is -2.20. The number of aromatic amines is 1. The standard InChI is InChI=1S/C27H32F2N4O6/c1-13-21(11-18-24-20(32-26(18)38)4-3-19(28)25(24)29)31-14(2)23(13)27(39)30-7-5-15(34)9-17(36)10-22(37)33-8-6-16(35)12-33/h3-4,11,15-17,31,34-36H,5-10,12H2,1-2H3,(H,30,39)(H,32,38)/b18-11-/t15-,16?,17-/m1/s1. The summed E-state index contributed by atoms with van der Waals surface area (Å²) in [7, 11) is 0. The second-order valence-corrected chi connectivity index (χ2v) is 10.0. The number of nitrogens with one attached hydrogen (secondary N) is 3. The number of H-pyrrole nitrogens is 1. The molecule has 0 bridgehead atoms. The molecular formula is C27H32F2N4O6. The highest BCUT2D eigenvalue weighted by Gasteiger charge is 2.30. The molecular weight excluding hydrogens is 514 g/mol. The SMILES string of the molecule is Cc1[nH]c(/C=C2\C(=O)Nc3ccc(F)c(F)c32)c(C)c1C(=O)NCC[C@@H](O)C[C@@H](O)CC(=O)N1CCC(O)C1. The van der Waals surface area contributed by atoms with Crippen molar-refractivity contribution in [2.75, 3.05) is 25.0 Å². The van der Waals surface area contributed by atoms with Gasteiger partial charge in [-0.2, -0.15) is 0 Å². The van der Waals surface area contributed by atoms with Crippen LogP contribution in [0.2, 0.25) is 0 Å². The minimum absolute atomic E-state index is 0.0430. The summed E-state index contributed by atoms with van der Waals surface area (Å²) in [6.45, 7) is 4.09. The molecule has 3 atom stereocenters. The van der Waals surface area contributed by atoms with Crippen molar-refractivity contribution in [2.45, 2.75) is 57.8 Å². The van der Waals surface area contributed by atoms with Crippen LogP contribution < -0.4 is 10.6 Å². The number of aryl methyl sites for hydroxylation is 1. The quantitative estimate of drug-likeness (QED) is 0.263. The number of hydrogen-bond acceptors (Lipinski definition) is 6. The van der Waals surface area contributed by atoms with Crippen LogP contribution in [0.4, 0.5) is 14.5 Å². The number of amides is 3. The third-order valence-electron chi connectivity index (χ3n) is 7.08. The fourth-order valence-corrected chi connectivity index (χ4v) is 5.02. The van der Waals surface area contributed by atoms with Gasteiger partial charge in [0.1, 0.15) is 0 Å². The molecule has 0 saturated carbocycles. The molecule has 2 aliphatic heterocycles. The predicted octanol–water partition coefficient (Wildman–Crippen LogP) is 1.62. The van der Waals surface area contributed by atoms with Gasteiger partial charge in [0.05, 0.1) is 41.6 Å². The molecule has 0 spiro atoms. The number of likely N-dealkylation sites (tertiary alicyclic amines) is 1. The summed E-state index contributed by atoms with van der Waals surface area (Å²) in [5.41, 5.74) is 1.61. The van der Waals surface area contributed by atoms with E-state index >= 15 is 0 Å². The van der Waals surface area contributed by atoms with Crippen LogP contribution in [0, 0.1) is 25.5 Å². The maximum absolute atomic E-state index is 14.4. The number of nitrogens with zero attached hydrogens (tertiary/aromatic N) is 1. The maximum Gasteiger partial charge on any atom is 0.256 e. The van der Waals surface area contributed by atoms with E-state index in [9.17, 15) is 38.5 Å². The van der Waals surface area contributed by atoms with Gasteiger partial charge in [0.15, 0.2) is 11.6 Å². The van der Waals surface area contributed by atoms with Gasteiger partial charge >= 0.3 is 0 Å². The lowest BCUT2D eigenvalue weighted by Crippen LogP contribution is -2.34. The Morgan fingerprint density at radius 2 is 1.97 bits per heavy atom. The largest absolute Gasteiger partial charge is 0.393 e. The van der Waals surface area contributed by atoms with Gasteiger partial charge < -0.3 is 35.8 Å². The average Bonchev–Trinajstić information content (AvgIpc) is 3.52. The first-order valence-electron chi connectivity index (χ1n) is 12.8. The van der Waals surface area contributed by atoms with Crippen LogP contribution in [-0.2, 0) is 9.59 Å². The highest BCUT2D eigenvalue weighted by molar-refractivity contribution is 6.35. The third-order valence-corrected chi connectivity index (χ3v) is 7.08. The topological polar surface area (TPSA) is 155 Å². The molecule has 12 heteroatoms. The van der Waals surface area contributed by atoms with E-state index in [0.717, 1.165) is 6.07 Å². The number of aliphatic hydroxyl groups is 3. The number of anilines is 1. The molecule has 0 radical (unpaired) electrons. The third kappa shape index (κ3) is 6.18. The number of aliphatic hydroxyl groups excluding tert-OH is 3. The van der Waals surface area contributed by atoms with Crippen molar-refractivity contribution in [2.24, 2.45) is 0 Å². The summed E-state index contributed by atoms with van der Waals surface area (Å²) in [6, 6.07) is 2.21. The van der Waals surface area contributed by atoms with Crippen molar-refractivity contribution < 1.29 is 38.5 Å². The molecule has 0 aliphatic carbocycles. The molecule has 2 aliphatic rings. The molecule has 3 amide bonds. The Hall–Kier alpha value is -3.61. The van der Waals surface area contributed by atoms with E-state index in [1.807, 2.05) is 0 Å². The molecule has 10 nitrogen and oxygen atoms in total. The zero-order valence-electron chi connectivity index (χ0n) is 21.7. The molecule has 4 rings (SSSR count). The van der Waals surface area contributed by atoms with Crippen LogP contribution in [0.25, 0.3) is 11.6 Å². The fourth-order valence-electron chi connectivity index (χ4n) is 5.02. The Kier molecular flexibility index (Phi) is 8.48. The number of aromatic nitrogens is 1. The zero-order valence-corrected chi connectivity index (χ0v) is 21.7. The van der Waals surface area contributed by atoms with Gasteiger partial charge in [-0.3, -0.25) is 14.4 Å². The zero-order chi connectivity index (χ0) is 28.4. The van der Waals surface area contributed by atoms with Gasteiger partial charge in [-0.15, -0.1) is 0 Å². The number of carbonyl (C=O) groups is 3. The van der Waals surface area contributed by atoms with Gasteiger partial charge in [-0.05, 0) is 56.9 Å². The highest BCUT2D eigenvalue weighted by Crippen LogP contribution is 2.36. The second-order valence-electron chi connectivity index (χ2n) is 10.0. The summed E-state index contributed by atoms with van der Waals surface area (Å²) in [6.07, 6.45) is -0.742. The normalized spacial score (nSPS) is 19.3. The average molecular weight is 547 g/mol. The molecule has 1 saturated heterocycles. The molecule has 39 heavy (non-hydrogen) atoms. The monoisotopic (exact) mass is 546 g/mol. The van der Waals surface area contributed by atoms with Crippen molar-refractivity contribution in [1.29, 1.82) is 0 Å². The Balaban J connectivity index is 1.34. The van der Waals surface area contributed by atoms with Gasteiger partial charge in [0, 0.05) is 36.6 Å². The van der Waals surface area contributed by atoms with Crippen LogP contribution in [-0.4, -0.2) is 80.9 Å². The van der Waals surface area contributed by atoms with E-state index in [2.05, 4.69) is 15.6 Å². The number of rotatable bonds is 9. The number of β-amino-alcohol motifs (C(OH)–C–C–N with tert-alkyl or cyclic N) is 1. The first kappa shape index (κ1) is 28.4. The second kappa shape index (κ2) is 11.6. The van der Waals surface area contributed by atoms with Gasteiger partial charge in [-0.1, -0.05) is 0 Å². The van der Waals surface area contributed by atoms with Crippen LogP contribution in [0.1, 0.15) is 58.6 Å². The van der Waals surface area contributed by atoms with E-state index in [-0.39, 0.29) is 55.1 Å². The van der Waals surface area contributed by atoms with E-state index in [0.29, 0.717) is 35.5 Å². The minimum atomic E-state index is -1.14. The molecule has 1 aromatic heterocycles. The van der Waals surface area contributed by atoms with E-state index < -0.39 is 41.8 Å². The number of hydrogen-bond donors (Lipinski definition) is 6. The number of benzene rings is 1. The predicted molar refractivity (Wildman–Crippen MR) is 139 cm³/mol. The fraction of sp³-hybridized carbons (Fsp3) is 0.444. The van der Waals surface area contributed by atoms with Crippen LogP contribution in [0.5, 0.6) is 0 Å². The Morgan fingerprint density at radius 3 is 2.67 bits per heavy atom. The minimum Gasteiger partial charge on any atom is -0.393 e. The molecule has 1 fully saturated rings. The number of halogens is 2. The van der Waals surface area contributed by atoms with Crippen molar-refractivity contribution in [3.05, 3.63) is 51.8 Å².